The summed E-state index contributed by atoms with van der Waals surface area (Å²) >= 11 is 0. The van der Waals surface area contributed by atoms with Gasteiger partial charge in [0.05, 0.1) is 6.10 Å². The van der Waals surface area contributed by atoms with Gasteiger partial charge in [0, 0.05) is 18.8 Å². The first kappa shape index (κ1) is 19.2. The number of cyclic esters (lactones) is 1. The van der Waals surface area contributed by atoms with Crippen LogP contribution in [0.25, 0.3) is 0 Å². The van der Waals surface area contributed by atoms with Gasteiger partial charge >= 0.3 is 5.97 Å². The molecule has 0 aromatic carbocycles. The van der Waals surface area contributed by atoms with Crippen LogP contribution in [0.2, 0.25) is 0 Å². The van der Waals surface area contributed by atoms with Gasteiger partial charge in [-0.3, -0.25) is 0 Å². The molecule has 0 fully saturated rings. The minimum absolute atomic E-state index is 0.427. The zero-order valence-electron chi connectivity index (χ0n) is 14.2. The molecule has 0 radical (unpaired) electrons. The highest BCUT2D eigenvalue weighted by molar-refractivity contribution is 5.85. The quantitative estimate of drug-likeness (QED) is 0.411. The summed E-state index contributed by atoms with van der Waals surface area (Å²) < 4.78 is 9.97. The van der Waals surface area contributed by atoms with Crippen LogP contribution in [0.5, 0.6) is 0 Å². The summed E-state index contributed by atoms with van der Waals surface area (Å²) in [6.07, 6.45) is 13.4. The number of aliphatic hydroxyl groups excluding tert-OH is 1. The fraction of sp³-hybridized carbons (Fsp3) is 0.833. The number of methoxy groups -OCH3 is 1. The van der Waals surface area contributed by atoms with E-state index in [2.05, 4.69) is 6.92 Å². The molecular weight excluding hydrogens is 280 g/mol. The number of hydrogen-bond acceptors (Lipinski definition) is 4. The Morgan fingerprint density at radius 1 is 1.09 bits per heavy atom. The van der Waals surface area contributed by atoms with Gasteiger partial charge in [-0.15, -0.1) is 0 Å². The van der Waals surface area contributed by atoms with Crippen LogP contribution in [-0.2, 0) is 14.3 Å². The van der Waals surface area contributed by atoms with Crippen LogP contribution >= 0.6 is 0 Å². The van der Waals surface area contributed by atoms with E-state index in [9.17, 15) is 9.90 Å². The molecule has 2 unspecified atom stereocenters. The molecule has 1 aliphatic heterocycles. The van der Waals surface area contributed by atoms with Gasteiger partial charge in [0.2, 0.25) is 6.29 Å². The Balaban J connectivity index is 2.00. The SMILES string of the molecule is CCCCCCCCCCCCC(O)C1=CC(=O)OC1OC. The van der Waals surface area contributed by atoms with Crippen LogP contribution in [0.1, 0.15) is 77.6 Å². The van der Waals surface area contributed by atoms with Gasteiger partial charge in [-0.1, -0.05) is 71.1 Å². The summed E-state index contributed by atoms with van der Waals surface area (Å²) in [6.45, 7) is 2.24. The van der Waals surface area contributed by atoms with Crippen LogP contribution in [0, 0.1) is 0 Å². The van der Waals surface area contributed by atoms with E-state index in [0.717, 1.165) is 12.8 Å². The molecule has 22 heavy (non-hydrogen) atoms. The number of hydrogen-bond donors (Lipinski definition) is 1. The molecule has 0 aliphatic carbocycles. The van der Waals surface area contributed by atoms with Gasteiger partial charge in [0.15, 0.2) is 0 Å². The second kappa shape index (κ2) is 11.7. The topological polar surface area (TPSA) is 55.8 Å². The molecule has 0 spiro atoms. The highest BCUT2D eigenvalue weighted by Crippen LogP contribution is 2.23. The number of carbonyl (C=O) groups is 1. The van der Waals surface area contributed by atoms with Gasteiger partial charge in [-0.2, -0.15) is 0 Å². The Bertz CT molecular complexity index is 338. The molecule has 0 saturated heterocycles. The van der Waals surface area contributed by atoms with Crippen molar-refractivity contribution in [2.75, 3.05) is 7.11 Å². The number of esters is 1. The van der Waals surface area contributed by atoms with Crippen molar-refractivity contribution in [2.24, 2.45) is 0 Å². The van der Waals surface area contributed by atoms with Crippen molar-refractivity contribution >= 4 is 5.97 Å². The molecule has 2 atom stereocenters. The zero-order valence-corrected chi connectivity index (χ0v) is 14.2. The Labute approximate surface area is 134 Å². The van der Waals surface area contributed by atoms with Gasteiger partial charge in [0.25, 0.3) is 0 Å². The standard InChI is InChI=1S/C18H32O4/c1-3-4-5-6-7-8-9-10-11-12-13-16(19)15-14-17(20)22-18(15)21-2/h14,16,18-19H,3-13H2,1-2H3. The number of ether oxygens (including phenoxy) is 2. The number of rotatable bonds is 13. The Morgan fingerprint density at radius 3 is 2.18 bits per heavy atom. The molecule has 0 amide bonds. The van der Waals surface area contributed by atoms with Crippen LogP contribution < -0.4 is 0 Å². The number of aliphatic hydroxyl groups is 1. The maximum atomic E-state index is 11.2. The normalized spacial score (nSPS) is 19.1. The highest BCUT2D eigenvalue weighted by Gasteiger charge is 2.30. The van der Waals surface area contributed by atoms with E-state index in [1.165, 1.54) is 64.6 Å². The van der Waals surface area contributed by atoms with Gasteiger partial charge < -0.3 is 14.6 Å². The molecule has 4 nitrogen and oxygen atoms in total. The molecule has 0 aromatic heterocycles. The molecule has 0 aromatic rings. The molecular formula is C18H32O4. The fourth-order valence-electron chi connectivity index (χ4n) is 2.84. The monoisotopic (exact) mass is 312 g/mol. The molecule has 0 saturated carbocycles. The summed E-state index contributed by atoms with van der Waals surface area (Å²) in [7, 11) is 1.48. The van der Waals surface area contributed by atoms with Gasteiger partial charge in [0.1, 0.15) is 0 Å². The van der Waals surface area contributed by atoms with Crippen molar-refractivity contribution in [3.8, 4) is 0 Å². The third-order valence-electron chi connectivity index (χ3n) is 4.21. The van der Waals surface area contributed by atoms with E-state index < -0.39 is 18.4 Å². The van der Waals surface area contributed by atoms with E-state index in [4.69, 9.17) is 9.47 Å². The van der Waals surface area contributed by atoms with E-state index in [1.807, 2.05) is 0 Å². The van der Waals surface area contributed by atoms with E-state index in [0.29, 0.717) is 12.0 Å². The molecule has 1 rings (SSSR count). The van der Waals surface area contributed by atoms with Crippen molar-refractivity contribution < 1.29 is 19.4 Å². The highest BCUT2D eigenvalue weighted by atomic mass is 16.7. The lowest BCUT2D eigenvalue weighted by atomic mass is 10.0. The molecule has 128 valence electrons. The van der Waals surface area contributed by atoms with E-state index >= 15 is 0 Å². The largest absolute Gasteiger partial charge is 0.428 e. The van der Waals surface area contributed by atoms with Crippen molar-refractivity contribution in [1.29, 1.82) is 0 Å². The molecule has 1 heterocycles. The maximum absolute atomic E-state index is 11.2. The lowest BCUT2D eigenvalue weighted by Gasteiger charge is -2.17. The second-order valence-electron chi connectivity index (χ2n) is 6.14. The van der Waals surface area contributed by atoms with Crippen molar-refractivity contribution in [2.45, 2.75) is 89.9 Å². The summed E-state index contributed by atoms with van der Waals surface area (Å²) in [5.74, 6) is -0.427. The van der Waals surface area contributed by atoms with Crippen LogP contribution in [0.4, 0.5) is 0 Å². The van der Waals surface area contributed by atoms with E-state index in [1.54, 1.807) is 0 Å². The zero-order chi connectivity index (χ0) is 16.2. The summed E-state index contributed by atoms with van der Waals surface area (Å²) in [4.78, 5) is 11.2. The summed E-state index contributed by atoms with van der Waals surface area (Å²) in [5, 5.41) is 10.1. The Hall–Kier alpha value is -0.870. The Morgan fingerprint density at radius 2 is 1.64 bits per heavy atom. The average molecular weight is 312 g/mol. The Kier molecular flexibility index (Phi) is 10.2. The maximum Gasteiger partial charge on any atom is 0.333 e. The summed E-state index contributed by atoms with van der Waals surface area (Å²) in [5.41, 5.74) is 0.559. The first-order valence-corrected chi connectivity index (χ1v) is 8.82. The summed E-state index contributed by atoms with van der Waals surface area (Å²) in [6, 6.07) is 0. The van der Waals surface area contributed by atoms with Crippen LogP contribution in [-0.4, -0.2) is 30.6 Å². The number of carbonyl (C=O) groups excluding carboxylic acids is 1. The molecule has 1 aliphatic rings. The van der Waals surface area contributed by atoms with Gasteiger partial charge in [-0.25, -0.2) is 4.79 Å². The van der Waals surface area contributed by atoms with Crippen molar-refractivity contribution in [1.82, 2.24) is 0 Å². The smallest absolute Gasteiger partial charge is 0.333 e. The first-order chi connectivity index (χ1) is 10.7. The first-order valence-electron chi connectivity index (χ1n) is 8.82. The fourth-order valence-corrected chi connectivity index (χ4v) is 2.84. The predicted octanol–water partition coefficient (Wildman–Crippen LogP) is 4.11. The average Bonchev–Trinajstić information content (AvgIpc) is 2.90. The lowest BCUT2D eigenvalue weighted by Crippen LogP contribution is -2.22. The van der Waals surface area contributed by atoms with Crippen molar-refractivity contribution in [3.05, 3.63) is 11.6 Å². The second-order valence-corrected chi connectivity index (χ2v) is 6.14. The number of unbranched alkanes of at least 4 members (excludes halogenated alkanes) is 9. The predicted molar refractivity (Wildman–Crippen MR) is 87.4 cm³/mol. The van der Waals surface area contributed by atoms with E-state index in [-0.39, 0.29) is 0 Å². The lowest BCUT2D eigenvalue weighted by molar-refractivity contribution is -0.156. The molecule has 4 heteroatoms. The molecule has 1 N–H and O–H groups in total. The molecule has 0 bridgehead atoms. The third kappa shape index (κ3) is 7.41. The van der Waals surface area contributed by atoms with Crippen molar-refractivity contribution in [3.63, 3.8) is 0 Å². The van der Waals surface area contributed by atoms with Gasteiger partial charge in [-0.05, 0) is 6.42 Å². The minimum atomic E-state index is -0.703. The van der Waals surface area contributed by atoms with Crippen LogP contribution in [0.15, 0.2) is 11.6 Å². The third-order valence-corrected chi connectivity index (χ3v) is 4.21. The van der Waals surface area contributed by atoms with Crippen LogP contribution in [0.3, 0.4) is 0 Å². The minimum Gasteiger partial charge on any atom is -0.428 e.